The first-order chi connectivity index (χ1) is 7.22. The third kappa shape index (κ3) is 1.86. The number of thiazole rings is 1. The molecule has 0 unspecified atom stereocenters. The van der Waals surface area contributed by atoms with Crippen LogP contribution in [0.15, 0.2) is 24.3 Å². The minimum atomic E-state index is 0.112. The highest BCUT2D eigenvalue weighted by molar-refractivity contribution is 7.19. The fourth-order valence-electron chi connectivity index (χ4n) is 1.24. The fourth-order valence-corrected chi connectivity index (χ4v) is 2.36. The zero-order valence-corrected chi connectivity index (χ0v) is 9.05. The lowest BCUT2D eigenvalue weighted by molar-refractivity contribution is 0.112. The van der Waals surface area contributed by atoms with E-state index in [1.54, 1.807) is 24.3 Å². The Hall–Kier alpha value is -1.39. The molecule has 0 aliphatic rings. The predicted molar refractivity (Wildman–Crippen MR) is 59.6 cm³/mol. The van der Waals surface area contributed by atoms with Gasteiger partial charge in [0.1, 0.15) is 11.4 Å². The summed E-state index contributed by atoms with van der Waals surface area (Å²) in [6.07, 6.45) is 0.629. The summed E-state index contributed by atoms with van der Waals surface area (Å²) >= 11 is 6.88. The van der Waals surface area contributed by atoms with E-state index in [0.717, 1.165) is 0 Å². The Morgan fingerprint density at radius 1 is 1.40 bits per heavy atom. The van der Waals surface area contributed by atoms with E-state index in [0.29, 0.717) is 16.7 Å². The number of hydrogen-bond donors (Lipinski definition) is 1. The first-order valence-electron chi connectivity index (χ1n) is 4.12. The molecule has 1 aromatic heterocycles. The van der Waals surface area contributed by atoms with Crippen molar-refractivity contribution in [2.24, 2.45) is 0 Å². The molecule has 0 aliphatic carbocycles. The Kier molecular flexibility index (Phi) is 2.70. The number of aromatic nitrogens is 1. The molecule has 1 N–H and O–H groups in total. The molecule has 1 aromatic carbocycles. The van der Waals surface area contributed by atoms with Crippen LogP contribution in [0.2, 0.25) is 4.47 Å². The summed E-state index contributed by atoms with van der Waals surface area (Å²) in [5.41, 5.74) is 0.829. The molecule has 0 spiro atoms. The molecule has 0 saturated heterocycles. The Morgan fingerprint density at radius 2 is 2.13 bits per heavy atom. The first kappa shape index (κ1) is 10.1. The Morgan fingerprint density at radius 3 is 2.80 bits per heavy atom. The van der Waals surface area contributed by atoms with Crippen LogP contribution in [0.1, 0.15) is 10.5 Å². The van der Waals surface area contributed by atoms with Gasteiger partial charge in [-0.25, -0.2) is 4.98 Å². The number of aromatic hydroxyl groups is 1. The van der Waals surface area contributed by atoms with E-state index < -0.39 is 0 Å². The van der Waals surface area contributed by atoms with Crippen molar-refractivity contribution in [1.82, 2.24) is 4.98 Å². The van der Waals surface area contributed by atoms with E-state index in [2.05, 4.69) is 4.98 Å². The number of rotatable bonds is 2. The second-order valence-corrected chi connectivity index (χ2v) is 4.40. The summed E-state index contributed by atoms with van der Waals surface area (Å²) in [5.74, 6) is 0.112. The molecule has 2 aromatic rings. The average Bonchev–Trinajstić information content (AvgIpc) is 2.60. The molecule has 0 radical (unpaired) electrons. The summed E-state index contributed by atoms with van der Waals surface area (Å²) in [7, 11) is 0. The van der Waals surface area contributed by atoms with Gasteiger partial charge >= 0.3 is 0 Å². The maximum absolute atomic E-state index is 10.7. The van der Waals surface area contributed by atoms with Crippen LogP contribution in [-0.4, -0.2) is 16.4 Å². The second kappa shape index (κ2) is 4.00. The molecule has 5 heteroatoms. The second-order valence-electron chi connectivity index (χ2n) is 2.82. The normalized spacial score (nSPS) is 10.2. The summed E-state index contributed by atoms with van der Waals surface area (Å²) < 4.78 is 0.287. The molecule has 2 rings (SSSR count). The lowest BCUT2D eigenvalue weighted by Crippen LogP contribution is -1.83. The zero-order chi connectivity index (χ0) is 10.8. The number of benzene rings is 1. The number of phenolic OH excluding ortho intramolecular Hbond substituents is 1. The molecular formula is C10H6ClNO2S. The molecule has 0 amide bonds. The number of phenols is 1. The number of carbonyl (C=O) groups excluding carboxylic acids is 1. The van der Waals surface area contributed by atoms with Gasteiger partial charge in [-0.15, -0.1) is 11.3 Å². The van der Waals surface area contributed by atoms with Crippen LogP contribution < -0.4 is 0 Å². The van der Waals surface area contributed by atoms with Crippen LogP contribution in [0.25, 0.3) is 10.4 Å². The quantitative estimate of drug-likeness (QED) is 0.820. The number of aldehydes is 1. The summed E-state index contributed by atoms with van der Waals surface area (Å²) in [4.78, 5) is 15.2. The van der Waals surface area contributed by atoms with E-state index in [-0.39, 0.29) is 15.9 Å². The van der Waals surface area contributed by atoms with Gasteiger partial charge in [0.15, 0.2) is 10.8 Å². The Bertz CT molecular complexity index is 510. The molecule has 0 atom stereocenters. The maximum atomic E-state index is 10.7. The van der Waals surface area contributed by atoms with Crippen LogP contribution in [0.4, 0.5) is 0 Å². The lowest BCUT2D eigenvalue weighted by Gasteiger charge is -2.00. The monoisotopic (exact) mass is 239 g/mol. The van der Waals surface area contributed by atoms with Crippen molar-refractivity contribution in [3.05, 3.63) is 34.4 Å². The number of nitrogens with zero attached hydrogens (tertiary/aromatic N) is 1. The molecule has 76 valence electrons. The van der Waals surface area contributed by atoms with Crippen molar-refractivity contribution in [2.45, 2.75) is 0 Å². The van der Waals surface area contributed by atoms with Gasteiger partial charge in [-0.3, -0.25) is 4.79 Å². The number of carbonyl (C=O) groups is 1. The standard InChI is InChI=1S/C10H6ClNO2S/c11-10-12-7(5-13)9(15-10)6-3-1-2-4-8(6)14/h1-5,14H. The minimum absolute atomic E-state index is 0.112. The van der Waals surface area contributed by atoms with Gasteiger partial charge in [0.05, 0.1) is 4.88 Å². The summed E-state index contributed by atoms with van der Waals surface area (Å²) in [5, 5.41) is 9.61. The van der Waals surface area contributed by atoms with Crippen molar-refractivity contribution in [1.29, 1.82) is 0 Å². The van der Waals surface area contributed by atoms with E-state index in [9.17, 15) is 9.90 Å². The van der Waals surface area contributed by atoms with Crippen molar-refractivity contribution in [3.63, 3.8) is 0 Å². The van der Waals surface area contributed by atoms with Gasteiger partial charge in [0.25, 0.3) is 0 Å². The first-order valence-corrected chi connectivity index (χ1v) is 5.31. The SMILES string of the molecule is O=Cc1nc(Cl)sc1-c1ccccc1O. The van der Waals surface area contributed by atoms with Crippen molar-refractivity contribution in [2.75, 3.05) is 0 Å². The van der Waals surface area contributed by atoms with Gasteiger partial charge in [0.2, 0.25) is 0 Å². The minimum Gasteiger partial charge on any atom is -0.507 e. The van der Waals surface area contributed by atoms with Gasteiger partial charge in [-0.2, -0.15) is 0 Å². The van der Waals surface area contributed by atoms with Gasteiger partial charge in [0, 0.05) is 5.56 Å². The van der Waals surface area contributed by atoms with E-state index >= 15 is 0 Å². The van der Waals surface area contributed by atoms with Gasteiger partial charge < -0.3 is 5.11 Å². The average molecular weight is 240 g/mol. The van der Waals surface area contributed by atoms with Crippen LogP contribution in [0.3, 0.4) is 0 Å². The molecule has 3 nitrogen and oxygen atoms in total. The molecular weight excluding hydrogens is 234 g/mol. The molecule has 1 heterocycles. The molecule has 15 heavy (non-hydrogen) atoms. The van der Waals surface area contributed by atoms with E-state index in [1.807, 2.05) is 0 Å². The highest BCUT2D eigenvalue weighted by atomic mass is 35.5. The van der Waals surface area contributed by atoms with Crippen LogP contribution in [0.5, 0.6) is 5.75 Å². The highest BCUT2D eigenvalue weighted by Crippen LogP contribution is 2.36. The molecule has 0 aliphatic heterocycles. The van der Waals surface area contributed by atoms with Crippen LogP contribution in [0, 0.1) is 0 Å². The van der Waals surface area contributed by atoms with Crippen molar-refractivity contribution >= 4 is 29.2 Å². The van der Waals surface area contributed by atoms with Gasteiger partial charge in [-0.1, -0.05) is 23.7 Å². The number of hydrogen-bond acceptors (Lipinski definition) is 4. The Labute approximate surface area is 95.0 Å². The zero-order valence-electron chi connectivity index (χ0n) is 7.48. The van der Waals surface area contributed by atoms with Gasteiger partial charge in [-0.05, 0) is 12.1 Å². The predicted octanol–water partition coefficient (Wildman–Crippen LogP) is 2.98. The highest BCUT2D eigenvalue weighted by Gasteiger charge is 2.13. The molecule has 0 saturated carbocycles. The van der Waals surface area contributed by atoms with E-state index in [4.69, 9.17) is 11.6 Å². The smallest absolute Gasteiger partial charge is 0.184 e. The summed E-state index contributed by atoms with van der Waals surface area (Å²) in [6, 6.07) is 6.75. The third-order valence-electron chi connectivity index (χ3n) is 1.89. The number of halogens is 1. The summed E-state index contributed by atoms with van der Waals surface area (Å²) in [6.45, 7) is 0. The third-order valence-corrected chi connectivity index (χ3v) is 3.10. The fraction of sp³-hybridized carbons (Fsp3) is 0. The van der Waals surface area contributed by atoms with Crippen molar-refractivity contribution < 1.29 is 9.90 Å². The molecule has 0 fully saturated rings. The van der Waals surface area contributed by atoms with E-state index in [1.165, 1.54) is 11.3 Å². The van der Waals surface area contributed by atoms with Crippen molar-refractivity contribution in [3.8, 4) is 16.2 Å². The lowest BCUT2D eigenvalue weighted by atomic mass is 10.1. The van der Waals surface area contributed by atoms with Crippen LogP contribution in [-0.2, 0) is 0 Å². The molecule has 0 bridgehead atoms. The number of para-hydroxylation sites is 1. The largest absolute Gasteiger partial charge is 0.507 e. The maximum Gasteiger partial charge on any atom is 0.184 e. The van der Waals surface area contributed by atoms with Crippen LogP contribution >= 0.6 is 22.9 Å². The Balaban J connectivity index is 2.63. The topological polar surface area (TPSA) is 50.2 Å².